The van der Waals surface area contributed by atoms with Gasteiger partial charge in [0, 0.05) is 0 Å². The molecule has 1 rings (SSSR count). The molecule has 3 nitrogen and oxygen atoms in total. The molecule has 0 amide bonds. The lowest BCUT2D eigenvalue weighted by molar-refractivity contribution is -0.132. The quantitative estimate of drug-likeness (QED) is 0.580. The molecule has 0 aromatic carbocycles. The minimum absolute atomic E-state index is 0.141. The summed E-state index contributed by atoms with van der Waals surface area (Å²) >= 11 is 0. The van der Waals surface area contributed by atoms with E-state index in [1.807, 2.05) is 6.26 Å². The maximum Gasteiger partial charge on any atom is 0.334 e. The lowest BCUT2D eigenvalue weighted by atomic mass is 10.3. The van der Waals surface area contributed by atoms with Crippen molar-refractivity contribution in [3.63, 3.8) is 0 Å². The normalized spacial score (nSPS) is 25.0. The van der Waals surface area contributed by atoms with E-state index in [0.29, 0.717) is 12.1 Å². The summed E-state index contributed by atoms with van der Waals surface area (Å²) in [5.41, 5.74) is 0.431. The molecule has 0 aromatic heterocycles. The van der Waals surface area contributed by atoms with Crippen LogP contribution >= 0.6 is 0 Å². The van der Waals surface area contributed by atoms with Gasteiger partial charge in [-0.2, -0.15) is 0 Å². The zero-order chi connectivity index (χ0) is 6.85. The predicted octanol–water partition coefficient (Wildman–Crippen LogP) is 0.400. The molecule has 1 aliphatic rings. The number of carbonyl (C=O) groups is 1. The Morgan fingerprint density at radius 1 is 2.00 bits per heavy atom. The second kappa shape index (κ2) is 2.31. The number of hydrogen-bond acceptors (Lipinski definition) is 2. The highest BCUT2D eigenvalue weighted by Crippen LogP contribution is 2.06. The third-order valence-electron chi connectivity index (χ3n) is 1.03. The highest BCUT2D eigenvalue weighted by atomic mass is 32.2. The molecule has 0 radical (unpaired) electrons. The van der Waals surface area contributed by atoms with Crippen LogP contribution in [0.15, 0.2) is 15.3 Å². The van der Waals surface area contributed by atoms with Crippen LogP contribution in [0.5, 0.6) is 0 Å². The molecule has 0 spiro atoms. The van der Waals surface area contributed by atoms with E-state index in [2.05, 4.69) is 4.36 Å². The molecule has 1 aliphatic heterocycles. The highest BCUT2D eigenvalue weighted by Gasteiger charge is 2.10. The van der Waals surface area contributed by atoms with Crippen LogP contribution in [0.2, 0.25) is 0 Å². The average Bonchev–Trinajstić information content (AvgIpc) is 2.14. The first-order valence-corrected chi connectivity index (χ1v) is 4.12. The van der Waals surface area contributed by atoms with Gasteiger partial charge in [0.2, 0.25) is 0 Å². The van der Waals surface area contributed by atoms with Crippen LogP contribution in [0.3, 0.4) is 0 Å². The first-order chi connectivity index (χ1) is 4.20. The number of hydrogen-bond donors (Lipinski definition) is 1. The SMILES string of the molecule is CS1=NCC(C(=O)O)=C1. The van der Waals surface area contributed by atoms with Crippen molar-refractivity contribution in [3.05, 3.63) is 11.0 Å². The van der Waals surface area contributed by atoms with Gasteiger partial charge in [-0.15, -0.1) is 0 Å². The minimum Gasteiger partial charge on any atom is -0.478 e. The number of carboxylic acid groups (broad SMARTS) is 1. The van der Waals surface area contributed by atoms with E-state index < -0.39 is 5.97 Å². The van der Waals surface area contributed by atoms with Gasteiger partial charge in [-0.25, -0.2) is 4.79 Å². The first-order valence-electron chi connectivity index (χ1n) is 2.46. The van der Waals surface area contributed by atoms with Crippen LogP contribution < -0.4 is 0 Å². The molecule has 1 heterocycles. The van der Waals surface area contributed by atoms with Crippen LogP contribution in [0.25, 0.3) is 0 Å². The van der Waals surface area contributed by atoms with Gasteiger partial charge in [0.1, 0.15) is 0 Å². The summed E-state index contributed by atoms with van der Waals surface area (Å²) in [7, 11) is -0.141. The number of aliphatic carboxylic acids is 1. The molecule has 0 aliphatic carbocycles. The van der Waals surface area contributed by atoms with E-state index in [1.54, 1.807) is 5.41 Å². The van der Waals surface area contributed by atoms with Crippen LogP contribution in [-0.4, -0.2) is 23.9 Å². The molecule has 1 atom stereocenters. The Bertz CT molecular complexity index is 207. The molecule has 9 heavy (non-hydrogen) atoms. The maximum absolute atomic E-state index is 10.2. The first kappa shape index (κ1) is 6.48. The summed E-state index contributed by atoms with van der Waals surface area (Å²) in [6.07, 6.45) is 1.90. The summed E-state index contributed by atoms with van der Waals surface area (Å²) in [6.45, 7) is 0.384. The van der Waals surface area contributed by atoms with E-state index in [9.17, 15) is 4.79 Å². The highest BCUT2D eigenvalue weighted by molar-refractivity contribution is 7.89. The second-order valence-electron chi connectivity index (χ2n) is 1.76. The van der Waals surface area contributed by atoms with Crippen LogP contribution in [0.1, 0.15) is 0 Å². The van der Waals surface area contributed by atoms with Gasteiger partial charge in [0.25, 0.3) is 0 Å². The van der Waals surface area contributed by atoms with Crippen molar-refractivity contribution < 1.29 is 9.90 Å². The van der Waals surface area contributed by atoms with Gasteiger partial charge in [-0.1, -0.05) is 10.7 Å². The number of carboxylic acids is 1. The fourth-order valence-electron chi connectivity index (χ4n) is 0.570. The maximum atomic E-state index is 10.2. The van der Waals surface area contributed by atoms with Crippen molar-refractivity contribution in [2.75, 3.05) is 12.8 Å². The molecule has 1 N–H and O–H groups in total. The summed E-state index contributed by atoms with van der Waals surface area (Å²) in [6, 6.07) is 0. The lowest BCUT2D eigenvalue weighted by Crippen LogP contribution is -2.00. The Balaban J connectivity index is 2.71. The van der Waals surface area contributed by atoms with E-state index >= 15 is 0 Å². The third-order valence-corrected chi connectivity index (χ3v) is 2.19. The molecular weight excluding hydrogens is 138 g/mol. The Morgan fingerprint density at radius 3 is 2.89 bits per heavy atom. The second-order valence-corrected chi connectivity index (χ2v) is 3.30. The standard InChI is InChI=1S/C5H7NO2S/c1-9-3-4(2-6-9)5(7)8/h3H,2H2,1H3,(H,7,8). The number of rotatable bonds is 1. The molecule has 0 saturated heterocycles. The largest absolute Gasteiger partial charge is 0.478 e. The number of nitrogens with zero attached hydrogens (tertiary/aromatic N) is 1. The molecule has 0 fully saturated rings. The van der Waals surface area contributed by atoms with Gasteiger partial charge in [-0.3, -0.25) is 4.36 Å². The van der Waals surface area contributed by atoms with Gasteiger partial charge in [0.05, 0.1) is 12.1 Å². The molecule has 0 aromatic rings. The lowest BCUT2D eigenvalue weighted by Gasteiger charge is -1.85. The molecule has 1 unspecified atom stereocenters. The van der Waals surface area contributed by atoms with E-state index in [-0.39, 0.29) is 10.7 Å². The van der Waals surface area contributed by atoms with Gasteiger partial charge < -0.3 is 5.11 Å². The third kappa shape index (κ3) is 1.38. The Morgan fingerprint density at radius 2 is 2.67 bits per heavy atom. The summed E-state index contributed by atoms with van der Waals surface area (Å²) in [4.78, 5) is 10.2. The summed E-state index contributed by atoms with van der Waals surface area (Å²) in [5.74, 6) is -0.837. The average molecular weight is 145 g/mol. The molecule has 4 heteroatoms. The van der Waals surface area contributed by atoms with Gasteiger partial charge in [0.15, 0.2) is 0 Å². The zero-order valence-electron chi connectivity index (χ0n) is 5.00. The van der Waals surface area contributed by atoms with E-state index in [0.717, 1.165) is 0 Å². The van der Waals surface area contributed by atoms with Crippen molar-refractivity contribution in [2.24, 2.45) is 4.36 Å². The Hall–Kier alpha value is -0.640. The van der Waals surface area contributed by atoms with Crippen molar-refractivity contribution in [1.29, 1.82) is 0 Å². The van der Waals surface area contributed by atoms with Gasteiger partial charge in [-0.05, 0) is 11.7 Å². The van der Waals surface area contributed by atoms with Crippen molar-refractivity contribution in [2.45, 2.75) is 0 Å². The van der Waals surface area contributed by atoms with Crippen molar-refractivity contribution >= 4 is 16.7 Å². The van der Waals surface area contributed by atoms with Crippen LogP contribution in [-0.2, 0) is 15.5 Å². The minimum atomic E-state index is -0.837. The molecular formula is C5H7NO2S. The summed E-state index contributed by atoms with van der Waals surface area (Å²) < 4.78 is 3.99. The molecule has 0 bridgehead atoms. The van der Waals surface area contributed by atoms with Crippen LogP contribution in [0.4, 0.5) is 0 Å². The van der Waals surface area contributed by atoms with Gasteiger partial charge >= 0.3 is 5.97 Å². The monoisotopic (exact) mass is 145 g/mol. The summed E-state index contributed by atoms with van der Waals surface area (Å²) in [5, 5.41) is 10.1. The Labute approximate surface area is 55.5 Å². The molecule has 0 saturated carbocycles. The zero-order valence-corrected chi connectivity index (χ0v) is 5.81. The van der Waals surface area contributed by atoms with Crippen LogP contribution in [0, 0.1) is 0 Å². The fourth-order valence-corrected chi connectivity index (χ4v) is 1.57. The fraction of sp³-hybridized carbons (Fsp3) is 0.400. The predicted molar refractivity (Wildman–Crippen MR) is 36.3 cm³/mol. The Kier molecular flexibility index (Phi) is 1.66. The van der Waals surface area contributed by atoms with E-state index in [1.165, 1.54) is 0 Å². The van der Waals surface area contributed by atoms with Crippen molar-refractivity contribution in [1.82, 2.24) is 0 Å². The molecule has 50 valence electrons. The smallest absolute Gasteiger partial charge is 0.334 e. The van der Waals surface area contributed by atoms with E-state index in [4.69, 9.17) is 5.11 Å². The van der Waals surface area contributed by atoms with Crippen molar-refractivity contribution in [3.8, 4) is 0 Å². The topological polar surface area (TPSA) is 49.7 Å².